The molecular weight excluding hydrogens is 366 g/mol. The van der Waals surface area contributed by atoms with Gasteiger partial charge in [-0.3, -0.25) is 4.79 Å². The van der Waals surface area contributed by atoms with Crippen molar-refractivity contribution in [1.29, 1.82) is 0 Å². The van der Waals surface area contributed by atoms with Crippen LogP contribution >= 0.6 is 0 Å². The molecule has 29 heavy (non-hydrogen) atoms. The van der Waals surface area contributed by atoms with Gasteiger partial charge in [-0.1, -0.05) is 49.6 Å². The lowest BCUT2D eigenvalue weighted by Gasteiger charge is -2.32. The highest BCUT2D eigenvalue weighted by atomic mass is 16.7. The molecule has 2 aromatic carbocycles. The molecule has 1 saturated heterocycles. The minimum Gasteiger partial charge on any atom is -0.493 e. The Morgan fingerprint density at radius 3 is 2.69 bits per heavy atom. The van der Waals surface area contributed by atoms with Crippen LogP contribution < -0.4 is 9.64 Å². The van der Waals surface area contributed by atoms with Gasteiger partial charge in [0.25, 0.3) is 11.7 Å². The number of anilines is 1. The molecule has 1 fully saturated rings. The van der Waals surface area contributed by atoms with E-state index >= 15 is 0 Å². The van der Waals surface area contributed by atoms with Gasteiger partial charge in [0.05, 0.1) is 32.1 Å². The van der Waals surface area contributed by atoms with Gasteiger partial charge in [0.2, 0.25) is 0 Å². The monoisotopic (exact) mass is 395 g/mol. The van der Waals surface area contributed by atoms with E-state index < -0.39 is 5.79 Å². The van der Waals surface area contributed by atoms with E-state index in [1.165, 1.54) is 0 Å². The molecule has 5 heteroatoms. The van der Waals surface area contributed by atoms with Crippen molar-refractivity contribution in [3.63, 3.8) is 0 Å². The zero-order valence-electron chi connectivity index (χ0n) is 17.3. The lowest BCUT2D eigenvalue weighted by molar-refractivity contribution is -0.256. The summed E-state index contributed by atoms with van der Waals surface area (Å²) in [5, 5.41) is 0. The van der Waals surface area contributed by atoms with Crippen molar-refractivity contribution in [1.82, 2.24) is 0 Å². The number of para-hydroxylation sites is 1. The number of carbonyl (C=O) groups is 1. The summed E-state index contributed by atoms with van der Waals surface area (Å²) in [7, 11) is 0. The molecule has 1 amide bonds. The predicted molar refractivity (Wildman–Crippen MR) is 112 cm³/mol. The third-order valence-electron chi connectivity index (χ3n) is 5.53. The van der Waals surface area contributed by atoms with Gasteiger partial charge in [-0.05, 0) is 38.0 Å². The molecule has 2 heterocycles. The lowest BCUT2D eigenvalue weighted by atomic mass is 10.0. The zero-order valence-corrected chi connectivity index (χ0v) is 17.3. The number of nitrogens with zero attached hydrogens (tertiary/aromatic N) is 1. The largest absolute Gasteiger partial charge is 0.493 e. The lowest BCUT2D eigenvalue weighted by Crippen LogP contribution is -2.47. The third kappa shape index (κ3) is 3.77. The number of hydrogen-bond donors (Lipinski definition) is 0. The van der Waals surface area contributed by atoms with Gasteiger partial charge in [0.1, 0.15) is 5.75 Å². The molecule has 1 spiro atoms. The van der Waals surface area contributed by atoms with Crippen LogP contribution in [0.3, 0.4) is 0 Å². The predicted octanol–water partition coefficient (Wildman–Crippen LogP) is 4.70. The second kappa shape index (κ2) is 8.56. The van der Waals surface area contributed by atoms with Crippen molar-refractivity contribution < 1.29 is 19.0 Å². The number of fused-ring (bicyclic) bond motifs is 2. The second-order valence-electron chi connectivity index (χ2n) is 7.74. The van der Waals surface area contributed by atoms with Crippen LogP contribution in [0.5, 0.6) is 5.75 Å². The third-order valence-corrected chi connectivity index (χ3v) is 5.53. The Kier molecular flexibility index (Phi) is 5.88. The summed E-state index contributed by atoms with van der Waals surface area (Å²) in [6, 6.07) is 14.0. The van der Waals surface area contributed by atoms with Gasteiger partial charge in [0, 0.05) is 11.1 Å². The van der Waals surface area contributed by atoms with Crippen molar-refractivity contribution in [3.8, 4) is 5.75 Å². The summed E-state index contributed by atoms with van der Waals surface area (Å²) in [6.45, 7) is 6.34. The van der Waals surface area contributed by atoms with Crippen molar-refractivity contribution in [2.75, 3.05) is 24.7 Å². The van der Waals surface area contributed by atoms with Crippen LogP contribution in [0.1, 0.15) is 49.3 Å². The maximum Gasteiger partial charge on any atom is 0.292 e. The van der Waals surface area contributed by atoms with Gasteiger partial charge in [-0.15, -0.1) is 0 Å². The molecule has 2 aliphatic heterocycles. The Bertz CT molecular complexity index is 873. The van der Waals surface area contributed by atoms with Crippen molar-refractivity contribution >= 4 is 11.6 Å². The topological polar surface area (TPSA) is 48.0 Å². The number of unbranched alkanes of at least 4 members (excludes halogenated alkanes) is 2. The van der Waals surface area contributed by atoms with Gasteiger partial charge in [-0.2, -0.15) is 0 Å². The van der Waals surface area contributed by atoms with E-state index in [2.05, 4.69) is 6.92 Å². The summed E-state index contributed by atoms with van der Waals surface area (Å²) in [4.78, 5) is 15.3. The first-order valence-corrected chi connectivity index (χ1v) is 10.6. The van der Waals surface area contributed by atoms with Crippen LogP contribution in [-0.4, -0.2) is 25.7 Å². The van der Waals surface area contributed by atoms with E-state index in [0.29, 0.717) is 26.4 Å². The van der Waals surface area contributed by atoms with E-state index in [9.17, 15) is 4.79 Å². The molecule has 154 valence electrons. The number of hydrogen-bond acceptors (Lipinski definition) is 4. The zero-order chi connectivity index (χ0) is 20.3. The van der Waals surface area contributed by atoms with E-state index in [-0.39, 0.29) is 5.91 Å². The Morgan fingerprint density at radius 2 is 1.90 bits per heavy atom. The minimum atomic E-state index is -1.31. The Labute approximate surface area is 172 Å². The van der Waals surface area contributed by atoms with Crippen LogP contribution in [0, 0.1) is 6.92 Å². The van der Waals surface area contributed by atoms with Crippen molar-refractivity contribution in [3.05, 3.63) is 59.2 Å². The van der Waals surface area contributed by atoms with E-state index in [1.807, 2.05) is 49.4 Å². The number of aryl methyl sites for hydroxylation is 1. The standard InChI is InChI=1S/C24H29NO4/c1-3-4-7-13-27-22-10-6-5-9-19(22)17-25-21-12-11-18(2)16-20(21)24(23(25)26)28-14-8-15-29-24/h5-6,9-12,16H,3-4,7-8,13-15,17H2,1-2H3. The average Bonchev–Trinajstić information content (AvgIpc) is 2.95. The summed E-state index contributed by atoms with van der Waals surface area (Å²) in [5.41, 5.74) is 3.72. The van der Waals surface area contributed by atoms with E-state index in [0.717, 1.165) is 53.8 Å². The number of carbonyl (C=O) groups excluding carboxylic acids is 1. The molecule has 0 aliphatic carbocycles. The highest BCUT2D eigenvalue weighted by Crippen LogP contribution is 2.46. The second-order valence-corrected chi connectivity index (χ2v) is 7.74. The smallest absolute Gasteiger partial charge is 0.292 e. The van der Waals surface area contributed by atoms with Crippen LogP contribution in [0.2, 0.25) is 0 Å². The van der Waals surface area contributed by atoms with Gasteiger partial charge < -0.3 is 19.1 Å². The van der Waals surface area contributed by atoms with Gasteiger partial charge in [0.15, 0.2) is 0 Å². The van der Waals surface area contributed by atoms with Crippen molar-refractivity contribution in [2.45, 2.75) is 51.9 Å². The van der Waals surface area contributed by atoms with Crippen LogP contribution in [0.15, 0.2) is 42.5 Å². The van der Waals surface area contributed by atoms with E-state index in [1.54, 1.807) is 4.90 Å². The molecule has 0 saturated carbocycles. The number of amides is 1. The molecule has 0 bridgehead atoms. The van der Waals surface area contributed by atoms with Crippen LogP contribution in [0.4, 0.5) is 5.69 Å². The first kappa shape index (κ1) is 19.9. The fourth-order valence-corrected chi connectivity index (χ4v) is 4.00. The first-order chi connectivity index (χ1) is 14.2. The van der Waals surface area contributed by atoms with Gasteiger partial charge >= 0.3 is 0 Å². The fourth-order valence-electron chi connectivity index (χ4n) is 4.00. The van der Waals surface area contributed by atoms with Crippen LogP contribution in [-0.2, 0) is 26.6 Å². The Hall–Kier alpha value is -2.37. The minimum absolute atomic E-state index is 0.154. The molecule has 4 rings (SSSR count). The highest BCUT2D eigenvalue weighted by molar-refractivity contribution is 6.06. The molecule has 2 aliphatic rings. The quantitative estimate of drug-likeness (QED) is 0.638. The Morgan fingerprint density at radius 1 is 1.10 bits per heavy atom. The number of benzene rings is 2. The summed E-state index contributed by atoms with van der Waals surface area (Å²) >= 11 is 0. The maximum atomic E-state index is 13.5. The molecular formula is C24H29NO4. The molecule has 5 nitrogen and oxygen atoms in total. The molecule has 0 unspecified atom stereocenters. The highest BCUT2D eigenvalue weighted by Gasteiger charge is 2.54. The summed E-state index contributed by atoms with van der Waals surface area (Å²) < 4.78 is 18.0. The molecule has 0 aromatic heterocycles. The molecule has 0 radical (unpaired) electrons. The molecule has 0 atom stereocenters. The van der Waals surface area contributed by atoms with Gasteiger partial charge in [-0.25, -0.2) is 0 Å². The molecule has 0 N–H and O–H groups in total. The summed E-state index contributed by atoms with van der Waals surface area (Å²) in [5.74, 6) is -0.633. The molecule has 2 aromatic rings. The number of ether oxygens (including phenoxy) is 3. The number of rotatable bonds is 7. The average molecular weight is 395 g/mol. The van der Waals surface area contributed by atoms with Crippen LogP contribution in [0.25, 0.3) is 0 Å². The maximum absolute atomic E-state index is 13.5. The van der Waals surface area contributed by atoms with Crippen molar-refractivity contribution in [2.24, 2.45) is 0 Å². The Balaban J connectivity index is 1.62. The van der Waals surface area contributed by atoms with E-state index in [4.69, 9.17) is 14.2 Å². The summed E-state index contributed by atoms with van der Waals surface area (Å²) in [6.07, 6.45) is 4.13. The SMILES string of the molecule is CCCCCOc1ccccc1CN1C(=O)C2(OCCCO2)c2cc(C)ccc21. The first-order valence-electron chi connectivity index (χ1n) is 10.6. The fraction of sp³-hybridized carbons (Fsp3) is 0.458. The normalized spacial score (nSPS) is 17.6.